The van der Waals surface area contributed by atoms with Crippen LogP contribution in [0.1, 0.15) is 23.2 Å². The lowest BCUT2D eigenvalue weighted by molar-refractivity contribution is 0.0631. The fraction of sp³-hybridized carbons (Fsp3) is 0.368. The smallest absolute Gasteiger partial charge is 0.263 e. The number of likely N-dealkylation sites (tertiary alicyclic amines) is 1. The Balaban J connectivity index is 1.63. The van der Waals surface area contributed by atoms with E-state index in [1.807, 2.05) is 0 Å². The number of carbonyl (C=O) groups is 1. The lowest BCUT2D eigenvalue weighted by atomic mass is 9.98. The minimum Gasteiger partial charge on any atom is -0.493 e. The fourth-order valence-electron chi connectivity index (χ4n) is 3.09. The number of nitrogens with zero attached hydrogens (tertiary/aromatic N) is 2. The zero-order valence-corrected chi connectivity index (χ0v) is 14.2. The number of pyridine rings is 1. The van der Waals surface area contributed by atoms with Gasteiger partial charge in [-0.25, -0.2) is 4.39 Å². The van der Waals surface area contributed by atoms with Gasteiger partial charge in [-0.05, 0) is 37.1 Å². The van der Waals surface area contributed by atoms with Crippen LogP contribution in [0.4, 0.5) is 4.39 Å². The number of hydrogen-bond acceptors (Lipinski definition) is 3. The summed E-state index contributed by atoms with van der Waals surface area (Å²) in [5.41, 5.74) is -0.0951. The van der Waals surface area contributed by atoms with Gasteiger partial charge in [0, 0.05) is 38.3 Å². The van der Waals surface area contributed by atoms with Crippen LogP contribution in [-0.4, -0.2) is 35.1 Å². The molecule has 1 atom stereocenters. The number of aromatic nitrogens is 1. The molecule has 132 valence electrons. The first-order chi connectivity index (χ1) is 12.0. The van der Waals surface area contributed by atoms with Crippen LogP contribution in [0.15, 0.2) is 47.4 Å². The monoisotopic (exact) mass is 344 g/mol. The average Bonchev–Trinajstić information content (AvgIpc) is 2.62. The SMILES string of the molecule is Cn1cccc(C(=O)N2CCC[C@@H](COc3cccc(F)c3)C2)c1=O. The highest BCUT2D eigenvalue weighted by molar-refractivity contribution is 5.93. The van der Waals surface area contributed by atoms with Crippen LogP contribution < -0.4 is 10.3 Å². The molecular formula is C19H21FN2O3. The normalized spacial score (nSPS) is 17.4. The Bertz CT molecular complexity index is 818. The van der Waals surface area contributed by atoms with Crippen LogP contribution in [0.25, 0.3) is 0 Å². The van der Waals surface area contributed by atoms with E-state index < -0.39 is 0 Å². The predicted molar refractivity (Wildman–Crippen MR) is 92.2 cm³/mol. The highest BCUT2D eigenvalue weighted by Gasteiger charge is 2.26. The van der Waals surface area contributed by atoms with E-state index in [0.29, 0.717) is 25.4 Å². The molecule has 2 aromatic rings. The highest BCUT2D eigenvalue weighted by atomic mass is 19.1. The van der Waals surface area contributed by atoms with Gasteiger partial charge in [0.2, 0.25) is 0 Å². The Morgan fingerprint density at radius 1 is 1.32 bits per heavy atom. The molecular weight excluding hydrogens is 323 g/mol. The van der Waals surface area contributed by atoms with Crippen molar-refractivity contribution >= 4 is 5.91 Å². The number of benzene rings is 1. The Morgan fingerprint density at radius 2 is 2.16 bits per heavy atom. The molecule has 2 heterocycles. The predicted octanol–water partition coefficient (Wildman–Crippen LogP) is 2.46. The van der Waals surface area contributed by atoms with Crippen molar-refractivity contribution in [3.63, 3.8) is 0 Å². The summed E-state index contributed by atoms with van der Waals surface area (Å²) in [5.74, 6) is 0.0726. The molecule has 0 radical (unpaired) electrons. The lowest BCUT2D eigenvalue weighted by Crippen LogP contribution is -2.43. The van der Waals surface area contributed by atoms with Gasteiger partial charge in [-0.1, -0.05) is 6.07 Å². The molecule has 0 N–H and O–H groups in total. The zero-order chi connectivity index (χ0) is 17.8. The Hall–Kier alpha value is -2.63. The van der Waals surface area contributed by atoms with Gasteiger partial charge in [0.25, 0.3) is 11.5 Å². The summed E-state index contributed by atoms with van der Waals surface area (Å²) in [5, 5.41) is 0. The molecule has 1 amide bonds. The van der Waals surface area contributed by atoms with Crippen LogP contribution in [0, 0.1) is 11.7 Å². The Morgan fingerprint density at radius 3 is 2.96 bits per heavy atom. The van der Waals surface area contributed by atoms with Crippen molar-refractivity contribution < 1.29 is 13.9 Å². The molecule has 1 saturated heterocycles. The summed E-state index contributed by atoms with van der Waals surface area (Å²) in [7, 11) is 1.63. The van der Waals surface area contributed by atoms with Crippen LogP contribution in [0.5, 0.6) is 5.75 Å². The van der Waals surface area contributed by atoms with E-state index in [4.69, 9.17) is 4.74 Å². The first kappa shape index (κ1) is 17.2. The molecule has 0 spiro atoms. The maximum absolute atomic E-state index is 13.2. The van der Waals surface area contributed by atoms with Crippen molar-refractivity contribution in [3.8, 4) is 5.75 Å². The number of ether oxygens (including phenoxy) is 1. The van der Waals surface area contributed by atoms with E-state index in [1.165, 1.54) is 16.7 Å². The molecule has 1 aliphatic rings. The van der Waals surface area contributed by atoms with Crippen LogP contribution >= 0.6 is 0 Å². The number of hydrogen-bond donors (Lipinski definition) is 0. The van der Waals surface area contributed by atoms with Crippen molar-refractivity contribution in [1.29, 1.82) is 0 Å². The molecule has 6 heteroatoms. The molecule has 0 bridgehead atoms. The summed E-state index contributed by atoms with van der Waals surface area (Å²) in [6, 6.07) is 9.30. The Labute approximate surface area is 145 Å². The molecule has 1 aromatic carbocycles. The van der Waals surface area contributed by atoms with Gasteiger partial charge in [-0.3, -0.25) is 9.59 Å². The van der Waals surface area contributed by atoms with Gasteiger partial charge in [-0.15, -0.1) is 0 Å². The second-order valence-electron chi connectivity index (χ2n) is 6.37. The number of carbonyl (C=O) groups excluding carboxylic acids is 1. The van der Waals surface area contributed by atoms with Crippen LogP contribution in [-0.2, 0) is 7.05 Å². The summed E-state index contributed by atoms with van der Waals surface area (Å²) in [6.45, 7) is 1.58. The second-order valence-corrected chi connectivity index (χ2v) is 6.37. The van der Waals surface area contributed by atoms with Gasteiger partial charge in [-0.2, -0.15) is 0 Å². The minimum absolute atomic E-state index is 0.161. The van der Waals surface area contributed by atoms with E-state index in [9.17, 15) is 14.0 Å². The third-order valence-electron chi connectivity index (χ3n) is 4.44. The van der Waals surface area contributed by atoms with E-state index in [-0.39, 0.29) is 28.8 Å². The summed E-state index contributed by atoms with van der Waals surface area (Å²) >= 11 is 0. The molecule has 0 aliphatic carbocycles. The molecule has 1 fully saturated rings. The summed E-state index contributed by atoms with van der Waals surface area (Å²) < 4.78 is 20.3. The molecule has 3 rings (SSSR count). The van der Waals surface area contributed by atoms with Gasteiger partial charge < -0.3 is 14.2 Å². The highest BCUT2D eigenvalue weighted by Crippen LogP contribution is 2.20. The molecule has 0 unspecified atom stereocenters. The van der Waals surface area contributed by atoms with E-state index in [0.717, 1.165) is 12.8 Å². The van der Waals surface area contributed by atoms with E-state index in [1.54, 1.807) is 42.4 Å². The number of aryl methyl sites for hydroxylation is 1. The first-order valence-electron chi connectivity index (χ1n) is 8.38. The van der Waals surface area contributed by atoms with Crippen molar-refractivity contribution in [2.75, 3.05) is 19.7 Å². The quantitative estimate of drug-likeness (QED) is 0.856. The maximum atomic E-state index is 13.2. The minimum atomic E-state index is -0.335. The van der Waals surface area contributed by atoms with Crippen molar-refractivity contribution in [1.82, 2.24) is 9.47 Å². The average molecular weight is 344 g/mol. The standard InChI is InChI=1S/C19H21FN2O3/c1-21-9-4-8-17(18(21)23)19(24)22-10-3-5-14(12-22)13-25-16-7-2-6-15(20)11-16/h2,4,6-9,11,14H,3,5,10,12-13H2,1H3/t14-/m1/s1. The van der Waals surface area contributed by atoms with Crippen molar-refractivity contribution in [2.24, 2.45) is 13.0 Å². The summed E-state index contributed by atoms with van der Waals surface area (Å²) in [4.78, 5) is 26.5. The zero-order valence-electron chi connectivity index (χ0n) is 14.2. The van der Waals surface area contributed by atoms with Crippen LogP contribution in [0.2, 0.25) is 0 Å². The lowest BCUT2D eigenvalue weighted by Gasteiger charge is -2.32. The number of rotatable bonds is 4. The largest absolute Gasteiger partial charge is 0.493 e. The van der Waals surface area contributed by atoms with Gasteiger partial charge in [0.1, 0.15) is 17.1 Å². The second kappa shape index (κ2) is 7.51. The molecule has 25 heavy (non-hydrogen) atoms. The molecule has 5 nitrogen and oxygen atoms in total. The number of halogens is 1. The van der Waals surface area contributed by atoms with E-state index in [2.05, 4.69) is 0 Å². The fourth-order valence-corrected chi connectivity index (χ4v) is 3.09. The summed E-state index contributed by atoms with van der Waals surface area (Å²) in [6.07, 6.45) is 3.42. The van der Waals surface area contributed by atoms with Crippen molar-refractivity contribution in [3.05, 3.63) is 64.3 Å². The van der Waals surface area contributed by atoms with Gasteiger partial charge >= 0.3 is 0 Å². The molecule has 1 aliphatic heterocycles. The Kier molecular flexibility index (Phi) is 5.16. The number of amides is 1. The third kappa shape index (κ3) is 4.07. The van der Waals surface area contributed by atoms with Crippen LogP contribution in [0.3, 0.4) is 0 Å². The van der Waals surface area contributed by atoms with Crippen molar-refractivity contribution in [2.45, 2.75) is 12.8 Å². The number of piperidine rings is 1. The topological polar surface area (TPSA) is 51.5 Å². The first-order valence-corrected chi connectivity index (χ1v) is 8.38. The van der Waals surface area contributed by atoms with Gasteiger partial charge in [0.15, 0.2) is 0 Å². The maximum Gasteiger partial charge on any atom is 0.263 e. The van der Waals surface area contributed by atoms with Gasteiger partial charge in [0.05, 0.1) is 6.61 Å². The third-order valence-corrected chi connectivity index (χ3v) is 4.44. The molecule has 0 saturated carbocycles. The molecule has 1 aromatic heterocycles. The van der Waals surface area contributed by atoms with E-state index >= 15 is 0 Å².